The number of hydrogen-bond acceptors (Lipinski definition) is 5. The van der Waals surface area contributed by atoms with E-state index in [-0.39, 0.29) is 35.7 Å². The van der Waals surface area contributed by atoms with Gasteiger partial charge in [0.15, 0.2) is 0 Å². The van der Waals surface area contributed by atoms with Crippen molar-refractivity contribution in [2.45, 2.75) is 44.7 Å². The summed E-state index contributed by atoms with van der Waals surface area (Å²) in [7, 11) is 1.40. The molecule has 0 radical (unpaired) electrons. The molecule has 0 aromatic heterocycles. The first-order chi connectivity index (χ1) is 14.5. The summed E-state index contributed by atoms with van der Waals surface area (Å²) in [4.78, 5) is 25.4. The highest BCUT2D eigenvalue weighted by molar-refractivity contribution is 5.94. The van der Waals surface area contributed by atoms with Gasteiger partial charge in [-0.3, -0.25) is 19.8 Å². The smallest absolute Gasteiger partial charge is 0.273 e. The lowest BCUT2D eigenvalue weighted by Gasteiger charge is -2.34. The van der Waals surface area contributed by atoms with Crippen LogP contribution in [-0.4, -0.2) is 35.4 Å². The minimum atomic E-state index is -0.512. The number of nitrogens with zero attached hydrogens (tertiary/aromatic N) is 2. The van der Waals surface area contributed by atoms with E-state index in [0.717, 1.165) is 31.2 Å². The zero-order valence-corrected chi connectivity index (χ0v) is 17.0. The van der Waals surface area contributed by atoms with Gasteiger partial charge in [0, 0.05) is 18.7 Å². The van der Waals surface area contributed by atoms with Crippen LogP contribution in [0.25, 0.3) is 0 Å². The lowest BCUT2D eigenvalue weighted by Crippen LogP contribution is -2.41. The predicted molar refractivity (Wildman–Crippen MR) is 112 cm³/mol. The van der Waals surface area contributed by atoms with Gasteiger partial charge in [-0.15, -0.1) is 0 Å². The molecule has 0 atom stereocenters. The Morgan fingerprint density at radius 2 is 1.90 bits per heavy atom. The molecule has 1 fully saturated rings. The maximum absolute atomic E-state index is 13.2. The molecule has 0 heterocycles. The Hall–Kier alpha value is -3.00. The number of nitro groups is 1. The fourth-order valence-corrected chi connectivity index (χ4v) is 3.86. The average molecular weight is 415 g/mol. The van der Waals surface area contributed by atoms with Crippen molar-refractivity contribution in [3.63, 3.8) is 0 Å². The Balaban J connectivity index is 1.72. The number of hydrogen-bond donors (Lipinski definition) is 1. The predicted octanol–water partition coefficient (Wildman–Crippen LogP) is 4.52. The van der Waals surface area contributed by atoms with Crippen LogP contribution in [0, 0.1) is 15.9 Å². The molecule has 0 saturated heterocycles. The highest BCUT2D eigenvalue weighted by Gasteiger charge is 2.24. The molecule has 1 aliphatic rings. The third-order valence-corrected chi connectivity index (χ3v) is 5.41. The van der Waals surface area contributed by atoms with Crippen LogP contribution < -0.4 is 10.1 Å². The fraction of sp³-hybridized carbons (Fsp3) is 0.409. The number of non-ortho nitro benzene ring substituents is 1. The number of carbonyl (C=O) groups is 1. The molecule has 1 amide bonds. The Morgan fingerprint density at radius 1 is 1.20 bits per heavy atom. The van der Waals surface area contributed by atoms with Gasteiger partial charge in [0.2, 0.25) is 5.91 Å². The number of rotatable bonds is 8. The molecule has 1 aliphatic carbocycles. The van der Waals surface area contributed by atoms with E-state index in [9.17, 15) is 19.3 Å². The van der Waals surface area contributed by atoms with Crippen molar-refractivity contribution in [3.8, 4) is 5.75 Å². The van der Waals surface area contributed by atoms with Crippen LogP contribution >= 0.6 is 0 Å². The Labute approximate surface area is 175 Å². The number of nitrogens with one attached hydrogen (secondary N) is 1. The van der Waals surface area contributed by atoms with Crippen molar-refractivity contribution in [1.29, 1.82) is 0 Å². The number of amides is 1. The normalized spacial score (nSPS) is 14.5. The fourth-order valence-electron chi connectivity index (χ4n) is 3.86. The van der Waals surface area contributed by atoms with Gasteiger partial charge < -0.3 is 10.1 Å². The Kier molecular flexibility index (Phi) is 7.35. The highest BCUT2D eigenvalue weighted by atomic mass is 19.1. The summed E-state index contributed by atoms with van der Waals surface area (Å²) in [6.45, 7) is 0.720. The van der Waals surface area contributed by atoms with E-state index in [1.807, 2.05) is 0 Å². The number of benzene rings is 2. The summed E-state index contributed by atoms with van der Waals surface area (Å²) in [5.74, 6) is -0.277. The highest BCUT2D eigenvalue weighted by Crippen LogP contribution is 2.29. The second-order valence-corrected chi connectivity index (χ2v) is 7.51. The van der Waals surface area contributed by atoms with Gasteiger partial charge in [-0.25, -0.2) is 4.39 Å². The summed E-state index contributed by atoms with van der Waals surface area (Å²) in [6.07, 6.45) is 5.50. The summed E-state index contributed by atoms with van der Waals surface area (Å²) >= 11 is 0. The van der Waals surface area contributed by atoms with Crippen LogP contribution in [0.5, 0.6) is 5.75 Å². The van der Waals surface area contributed by atoms with Crippen LogP contribution in [-0.2, 0) is 11.3 Å². The van der Waals surface area contributed by atoms with E-state index < -0.39 is 4.92 Å². The first-order valence-electron chi connectivity index (χ1n) is 10.1. The zero-order chi connectivity index (χ0) is 21.5. The van der Waals surface area contributed by atoms with Crippen molar-refractivity contribution in [2.24, 2.45) is 0 Å². The van der Waals surface area contributed by atoms with Crippen molar-refractivity contribution in [2.75, 3.05) is 19.0 Å². The van der Waals surface area contributed by atoms with Crippen molar-refractivity contribution >= 4 is 17.3 Å². The van der Waals surface area contributed by atoms with E-state index in [4.69, 9.17) is 4.74 Å². The van der Waals surface area contributed by atoms with Crippen molar-refractivity contribution in [3.05, 3.63) is 64.0 Å². The molecule has 0 aliphatic heterocycles. The summed E-state index contributed by atoms with van der Waals surface area (Å²) < 4.78 is 18.4. The van der Waals surface area contributed by atoms with Crippen LogP contribution in [0.15, 0.2) is 42.5 Å². The number of ether oxygens (including phenoxy) is 1. The van der Waals surface area contributed by atoms with Crippen LogP contribution in [0.4, 0.5) is 15.8 Å². The zero-order valence-electron chi connectivity index (χ0n) is 17.0. The quantitative estimate of drug-likeness (QED) is 0.506. The topological polar surface area (TPSA) is 84.7 Å². The Bertz CT molecular complexity index is 882. The average Bonchev–Trinajstić information content (AvgIpc) is 2.75. The minimum Gasteiger partial charge on any atom is -0.494 e. The van der Waals surface area contributed by atoms with E-state index in [0.29, 0.717) is 12.2 Å². The van der Waals surface area contributed by atoms with Crippen molar-refractivity contribution < 1.29 is 18.8 Å². The molecule has 2 aromatic carbocycles. The van der Waals surface area contributed by atoms with Gasteiger partial charge >= 0.3 is 0 Å². The molecule has 160 valence electrons. The van der Waals surface area contributed by atoms with Gasteiger partial charge in [0.25, 0.3) is 5.69 Å². The summed E-state index contributed by atoms with van der Waals surface area (Å²) in [6, 6.07) is 10.7. The Morgan fingerprint density at radius 3 is 2.53 bits per heavy atom. The maximum Gasteiger partial charge on any atom is 0.273 e. The molecule has 3 rings (SSSR count). The summed E-state index contributed by atoms with van der Waals surface area (Å²) in [5.41, 5.74) is 1.23. The molecule has 2 aromatic rings. The third-order valence-electron chi connectivity index (χ3n) is 5.41. The monoisotopic (exact) mass is 415 g/mol. The molecule has 0 unspecified atom stereocenters. The maximum atomic E-state index is 13.2. The summed E-state index contributed by atoms with van der Waals surface area (Å²) in [5, 5.41) is 13.8. The lowest BCUT2D eigenvalue weighted by molar-refractivity contribution is -0.384. The second kappa shape index (κ2) is 10.2. The van der Waals surface area contributed by atoms with Gasteiger partial charge in [0.05, 0.1) is 30.3 Å². The number of carbonyl (C=O) groups excluding carboxylic acids is 1. The van der Waals surface area contributed by atoms with Crippen molar-refractivity contribution in [1.82, 2.24) is 4.90 Å². The molecular weight excluding hydrogens is 389 g/mol. The number of nitro benzene ring substituents is 1. The molecule has 0 spiro atoms. The first-order valence-corrected chi connectivity index (χ1v) is 10.1. The minimum absolute atomic E-state index is 0.106. The standard InChI is InChI=1S/C22H26FN3O4/c1-30-21-13-19(26(28)29)11-12-20(21)24-22(27)15-25(18-5-3-2-4-6-18)14-16-7-9-17(23)10-8-16/h7-13,18H,2-6,14-15H2,1H3,(H,24,27). The largest absolute Gasteiger partial charge is 0.494 e. The third kappa shape index (κ3) is 5.76. The molecule has 7 nitrogen and oxygen atoms in total. The number of methoxy groups -OCH3 is 1. The molecule has 0 bridgehead atoms. The number of halogens is 1. The molecule has 8 heteroatoms. The van der Waals surface area contributed by atoms with E-state index >= 15 is 0 Å². The van der Waals surface area contributed by atoms with Crippen LogP contribution in [0.3, 0.4) is 0 Å². The van der Waals surface area contributed by atoms with E-state index in [1.165, 1.54) is 43.9 Å². The molecular formula is C22H26FN3O4. The van der Waals surface area contributed by atoms with Crippen LogP contribution in [0.1, 0.15) is 37.7 Å². The number of anilines is 1. The molecule has 30 heavy (non-hydrogen) atoms. The van der Waals surface area contributed by atoms with Crippen LogP contribution in [0.2, 0.25) is 0 Å². The first kappa shape index (κ1) is 21.7. The van der Waals surface area contributed by atoms with E-state index in [1.54, 1.807) is 12.1 Å². The molecule has 1 saturated carbocycles. The van der Waals surface area contributed by atoms with Gasteiger partial charge in [-0.1, -0.05) is 31.4 Å². The van der Waals surface area contributed by atoms with Gasteiger partial charge in [0.1, 0.15) is 11.6 Å². The molecule has 1 N–H and O–H groups in total. The SMILES string of the molecule is COc1cc([N+](=O)[O-])ccc1NC(=O)CN(Cc1ccc(F)cc1)C1CCCCC1. The second-order valence-electron chi connectivity index (χ2n) is 7.51. The van der Waals surface area contributed by atoms with Gasteiger partial charge in [-0.05, 0) is 36.6 Å². The lowest BCUT2D eigenvalue weighted by atomic mass is 9.93. The van der Waals surface area contributed by atoms with Gasteiger partial charge in [-0.2, -0.15) is 0 Å². The van der Waals surface area contributed by atoms with E-state index in [2.05, 4.69) is 10.2 Å².